The number of rotatable bonds is 3. The van der Waals surface area contributed by atoms with E-state index in [0.717, 1.165) is 12.8 Å². The SMILES string of the molecule is C[C@H]1Oc2ccccc2N(CC(=O)N(C)C2CCCC2)C1=O. The molecular formula is C17H22N2O3. The third-order valence-electron chi connectivity index (χ3n) is 4.63. The lowest BCUT2D eigenvalue weighted by molar-refractivity contribution is -0.133. The summed E-state index contributed by atoms with van der Waals surface area (Å²) in [6.45, 7) is 1.80. The van der Waals surface area contributed by atoms with Gasteiger partial charge in [-0.05, 0) is 31.9 Å². The summed E-state index contributed by atoms with van der Waals surface area (Å²) >= 11 is 0. The maximum absolute atomic E-state index is 12.6. The molecule has 1 fully saturated rings. The van der Waals surface area contributed by atoms with Gasteiger partial charge in [0.15, 0.2) is 6.10 Å². The van der Waals surface area contributed by atoms with Crippen LogP contribution in [0.5, 0.6) is 5.75 Å². The summed E-state index contributed by atoms with van der Waals surface area (Å²) < 4.78 is 5.60. The van der Waals surface area contributed by atoms with Crippen LogP contribution in [0.15, 0.2) is 24.3 Å². The van der Waals surface area contributed by atoms with Gasteiger partial charge in [-0.1, -0.05) is 25.0 Å². The van der Waals surface area contributed by atoms with Crippen LogP contribution in [0.25, 0.3) is 0 Å². The van der Waals surface area contributed by atoms with Crippen LogP contribution in [-0.4, -0.2) is 42.5 Å². The average Bonchev–Trinajstić information content (AvgIpc) is 3.05. The number of fused-ring (bicyclic) bond motifs is 1. The van der Waals surface area contributed by atoms with E-state index in [1.54, 1.807) is 11.8 Å². The molecule has 0 bridgehead atoms. The van der Waals surface area contributed by atoms with Gasteiger partial charge in [-0.25, -0.2) is 0 Å². The number of benzene rings is 1. The Morgan fingerprint density at radius 2 is 2.00 bits per heavy atom. The van der Waals surface area contributed by atoms with E-state index in [4.69, 9.17) is 4.74 Å². The van der Waals surface area contributed by atoms with E-state index in [-0.39, 0.29) is 18.4 Å². The van der Waals surface area contributed by atoms with Crippen molar-refractivity contribution >= 4 is 17.5 Å². The van der Waals surface area contributed by atoms with Crippen LogP contribution < -0.4 is 9.64 Å². The van der Waals surface area contributed by atoms with Crippen molar-refractivity contribution in [3.63, 3.8) is 0 Å². The molecule has 1 aromatic rings. The summed E-state index contributed by atoms with van der Waals surface area (Å²) in [7, 11) is 1.85. The van der Waals surface area contributed by atoms with E-state index in [1.165, 1.54) is 12.8 Å². The maximum atomic E-state index is 12.6. The molecule has 2 aliphatic rings. The van der Waals surface area contributed by atoms with Crippen molar-refractivity contribution in [2.75, 3.05) is 18.5 Å². The molecule has 0 aromatic heterocycles. The summed E-state index contributed by atoms with van der Waals surface area (Å²) in [5.41, 5.74) is 0.679. The first-order valence-electron chi connectivity index (χ1n) is 7.90. The van der Waals surface area contributed by atoms with Crippen molar-refractivity contribution in [1.29, 1.82) is 0 Å². The molecule has 1 aliphatic carbocycles. The van der Waals surface area contributed by atoms with E-state index >= 15 is 0 Å². The number of carbonyl (C=O) groups is 2. The van der Waals surface area contributed by atoms with Crippen LogP contribution in [0.2, 0.25) is 0 Å². The Kier molecular flexibility index (Phi) is 4.05. The summed E-state index contributed by atoms with van der Waals surface area (Å²) in [6, 6.07) is 7.69. The summed E-state index contributed by atoms with van der Waals surface area (Å²) in [5.74, 6) is 0.488. The van der Waals surface area contributed by atoms with Gasteiger partial charge in [0, 0.05) is 13.1 Å². The van der Waals surface area contributed by atoms with Gasteiger partial charge >= 0.3 is 0 Å². The largest absolute Gasteiger partial charge is 0.479 e. The smallest absolute Gasteiger partial charge is 0.268 e. The fraction of sp³-hybridized carbons (Fsp3) is 0.529. The fourth-order valence-electron chi connectivity index (χ4n) is 3.26. The molecule has 22 heavy (non-hydrogen) atoms. The van der Waals surface area contributed by atoms with Gasteiger partial charge in [0.25, 0.3) is 5.91 Å². The molecule has 0 spiro atoms. The number of hydrogen-bond acceptors (Lipinski definition) is 3. The number of para-hydroxylation sites is 2. The third kappa shape index (κ3) is 2.67. The Morgan fingerprint density at radius 1 is 1.32 bits per heavy atom. The standard InChI is InChI=1S/C17H22N2O3/c1-12-17(21)19(14-9-5-6-10-15(14)22-12)11-16(20)18(2)13-7-3-4-8-13/h5-6,9-10,12-13H,3-4,7-8,11H2,1-2H3/t12-/m1/s1. The Hall–Kier alpha value is -2.04. The fourth-order valence-corrected chi connectivity index (χ4v) is 3.26. The van der Waals surface area contributed by atoms with Crippen LogP contribution in [0.1, 0.15) is 32.6 Å². The molecular weight excluding hydrogens is 280 g/mol. The minimum Gasteiger partial charge on any atom is -0.479 e. The van der Waals surface area contributed by atoms with Crippen molar-refractivity contribution in [3.05, 3.63) is 24.3 Å². The number of likely N-dealkylation sites (N-methyl/N-ethyl adjacent to an activating group) is 1. The second kappa shape index (κ2) is 5.99. The number of amides is 2. The highest BCUT2D eigenvalue weighted by Crippen LogP contribution is 2.33. The molecule has 118 valence electrons. The van der Waals surface area contributed by atoms with Gasteiger partial charge in [0.1, 0.15) is 12.3 Å². The van der Waals surface area contributed by atoms with Gasteiger partial charge in [-0.3, -0.25) is 14.5 Å². The van der Waals surface area contributed by atoms with E-state index in [1.807, 2.05) is 36.2 Å². The van der Waals surface area contributed by atoms with Crippen molar-refractivity contribution in [1.82, 2.24) is 4.90 Å². The highest BCUT2D eigenvalue weighted by Gasteiger charge is 2.34. The quantitative estimate of drug-likeness (QED) is 0.860. The molecule has 0 unspecified atom stereocenters. The Morgan fingerprint density at radius 3 is 2.73 bits per heavy atom. The van der Waals surface area contributed by atoms with E-state index in [0.29, 0.717) is 17.5 Å². The number of anilines is 1. The number of ether oxygens (including phenoxy) is 1. The predicted molar refractivity (Wildman–Crippen MR) is 83.9 cm³/mol. The van der Waals surface area contributed by atoms with Gasteiger partial charge < -0.3 is 9.64 Å². The highest BCUT2D eigenvalue weighted by molar-refractivity contribution is 6.03. The number of nitrogens with zero attached hydrogens (tertiary/aromatic N) is 2. The maximum Gasteiger partial charge on any atom is 0.268 e. The molecule has 0 N–H and O–H groups in total. The molecule has 0 saturated heterocycles. The first-order valence-corrected chi connectivity index (χ1v) is 7.90. The second-order valence-electron chi connectivity index (χ2n) is 6.10. The second-order valence-corrected chi connectivity index (χ2v) is 6.10. The highest BCUT2D eigenvalue weighted by atomic mass is 16.5. The molecule has 5 heteroatoms. The van der Waals surface area contributed by atoms with Crippen LogP contribution >= 0.6 is 0 Å². The minimum atomic E-state index is -0.556. The minimum absolute atomic E-state index is 0.0100. The van der Waals surface area contributed by atoms with Crippen LogP contribution in [0, 0.1) is 0 Å². The molecule has 1 atom stereocenters. The molecule has 1 heterocycles. The molecule has 1 saturated carbocycles. The number of hydrogen-bond donors (Lipinski definition) is 0. The van der Waals surface area contributed by atoms with Crippen LogP contribution in [0.3, 0.4) is 0 Å². The summed E-state index contributed by atoms with van der Waals surface area (Å²) in [4.78, 5) is 28.3. The van der Waals surface area contributed by atoms with E-state index in [2.05, 4.69) is 0 Å². The first kappa shape index (κ1) is 14.9. The Balaban J connectivity index is 1.78. The molecule has 3 rings (SSSR count). The van der Waals surface area contributed by atoms with Crippen molar-refractivity contribution in [2.24, 2.45) is 0 Å². The Bertz CT molecular complexity index is 581. The van der Waals surface area contributed by atoms with Gasteiger partial charge in [0.05, 0.1) is 5.69 Å². The van der Waals surface area contributed by atoms with Gasteiger partial charge in [-0.2, -0.15) is 0 Å². The van der Waals surface area contributed by atoms with Gasteiger partial charge in [-0.15, -0.1) is 0 Å². The van der Waals surface area contributed by atoms with Crippen molar-refractivity contribution in [3.8, 4) is 5.75 Å². The molecule has 0 radical (unpaired) electrons. The molecule has 1 aromatic carbocycles. The molecule has 2 amide bonds. The lowest BCUT2D eigenvalue weighted by atomic mass is 10.1. The van der Waals surface area contributed by atoms with Crippen LogP contribution in [0.4, 0.5) is 5.69 Å². The normalized spacial score (nSPS) is 21.5. The van der Waals surface area contributed by atoms with Crippen molar-refractivity contribution < 1.29 is 14.3 Å². The zero-order valence-corrected chi connectivity index (χ0v) is 13.1. The van der Waals surface area contributed by atoms with Gasteiger partial charge in [0.2, 0.25) is 5.91 Å². The third-order valence-corrected chi connectivity index (χ3v) is 4.63. The first-order chi connectivity index (χ1) is 10.6. The van der Waals surface area contributed by atoms with Crippen LogP contribution in [-0.2, 0) is 9.59 Å². The van der Waals surface area contributed by atoms with Crippen molar-refractivity contribution in [2.45, 2.75) is 44.8 Å². The van der Waals surface area contributed by atoms with E-state index in [9.17, 15) is 9.59 Å². The lowest BCUT2D eigenvalue weighted by Gasteiger charge is -2.34. The average molecular weight is 302 g/mol. The monoisotopic (exact) mass is 302 g/mol. The van der Waals surface area contributed by atoms with E-state index < -0.39 is 6.10 Å². The zero-order valence-electron chi connectivity index (χ0n) is 13.1. The summed E-state index contributed by atoms with van der Waals surface area (Å²) in [6.07, 6.45) is 3.93. The Labute approximate surface area is 130 Å². The lowest BCUT2D eigenvalue weighted by Crippen LogP contribution is -2.50. The topological polar surface area (TPSA) is 49.9 Å². The number of carbonyl (C=O) groups excluding carboxylic acids is 2. The molecule has 1 aliphatic heterocycles. The molecule has 5 nitrogen and oxygen atoms in total. The predicted octanol–water partition coefficient (Wildman–Crippen LogP) is 2.20. The zero-order chi connectivity index (χ0) is 15.7. The summed E-state index contributed by atoms with van der Waals surface area (Å²) in [5, 5.41) is 0.